The van der Waals surface area contributed by atoms with Crippen molar-refractivity contribution in [1.82, 2.24) is 9.78 Å². The molecule has 8 heteroatoms. The maximum atomic E-state index is 11.4. The number of carbonyl (C=O) groups excluding carboxylic acids is 2. The summed E-state index contributed by atoms with van der Waals surface area (Å²) < 4.78 is 11.4. The number of ether oxygens (including phenoxy) is 2. The summed E-state index contributed by atoms with van der Waals surface area (Å²) in [6.07, 6.45) is 0. The van der Waals surface area contributed by atoms with E-state index in [2.05, 4.69) is 25.8 Å². The Labute approximate surface area is 117 Å². The van der Waals surface area contributed by atoms with Gasteiger partial charge in [0.1, 0.15) is 10.3 Å². The van der Waals surface area contributed by atoms with Gasteiger partial charge in [-0.05, 0) is 22.9 Å². The van der Waals surface area contributed by atoms with E-state index in [0.717, 1.165) is 0 Å². The minimum absolute atomic E-state index is 0.214. The Kier molecular flexibility index (Phi) is 6.20. The molecule has 0 amide bonds. The third kappa shape index (κ3) is 4.34. The van der Waals surface area contributed by atoms with Crippen LogP contribution >= 0.6 is 27.7 Å². The van der Waals surface area contributed by atoms with E-state index in [-0.39, 0.29) is 11.7 Å². The van der Waals surface area contributed by atoms with Crippen LogP contribution < -0.4 is 0 Å². The Bertz CT molecular complexity index is 436. The third-order valence-electron chi connectivity index (χ3n) is 1.88. The van der Waals surface area contributed by atoms with Crippen LogP contribution in [0, 0.1) is 0 Å². The van der Waals surface area contributed by atoms with Crippen LogP contribution in [0.25, 0.3) is 0 Å². The first-order valence-electron chi connectivity index (χ1n) is 5.13. The van der Waals surface area contributed by atoms with Crippen molar-refractivity contribution >= 4 is 39.6 Å². The number of methoxy groups -OCH3 is 1. The van der Waals surface area contributed by atoms with Crippen molar-refractivity contribution in [3.63, 3.8) is 0 Å². The zero-order chi connectivity index (χ0) is 13.5. The normalized spacial score (nSPS) is 10.2. The summed E-state index contributed by atoms with van der Waals surface area (Å²) in [4.78, 5) is 22.6. The summed E-state index contributed by atoms with van der Waals surface area (Å²) in [6, 6.07) is 1.57. The Hall–Kier alpha value is -1.02. The van der Waals surface area contributed by atoms with Crippen LogP contribution in [0.5, 0.6) is 0 Å². The van der Waals surface area contributed by atoms with Crippen LogP contribution in [0.3, 0.4) is 0 Å². The summed E-state index contributed by atoms with van der Waals surface area (Å²) in [6.45, 7) is 2.11. The maximum Gasteiger partial charge on any atom is 0.356 e. The highest BCUT2D eigenvalue weighted by atomic mass is 79.9. The lowest BCUT2D eigenvalue weighted by Gasteiger charge is -2.05. The zero-order valence-corrected chi connectivity index (χ0v) is 12.4. The Morgan fingerprint density at radius 2 is 2.28 bits per heavy atom. The van der Waals surface area contributed by atoms with Gasteiger partial charge in [-0.2, -0.15) is 5.10 Å². The topological polar surface area (TPSA) is 70.4 Å². The van der Waals surface area contributed by atoms with E-state index in [9.17, 15) is 9.59 Å². The van der Waals surface area contributed by atoms with Gasteiger partial charge in [-0.15, -0.1) is 11.8 Å². The van der Waals surface area contributed by atoms with Crippen LogP contribution in [0.2, 0.25) is 0 Å². The number of hydrogen-bond acceptors (Lipinski definition) is 6. The second-order valence-corrected chi connectivity index (χ2v) is 4.89. The number of nitrogens with zero attached hydrogens (tertiary/aromatic N) is 2. The molecule has 0 aliphatic carbocycles. The largest absolute Gasteiger partial charge is 0.465 e. The second-order valence-electron chi connectivity index (χ2n) is 3.13. The average molecular weight is 337 g/mol. The van der Waals surface area contributed by atoms with Crippen molar-refractivity contribution in [3.8, 4) is 0 Å². The van der Waals surface area contributed by atoms with E-state index >= 15 is 0 Å². The van der Waals surface area contributed by atoms with Gasteiger partial charge in [0.2, 0.25) is 0 Å². The van der Waals surface area contributed by atoms with Gasteiger partial charge in [-0.3, -0.25) is 4.79 Å². The molecular weight excluding hydrogens is 324 g/mol. The van der Waals surface area contributed by atoms with Gasteiger partial charge in [-0.1, -0.05) is 0 Å². The summed E-state index contributed by atoms with van der Waals surface area (Å²) in [5.41, 5.74) is 0.334. The van der Waals surface area contributed by atoms with E-state index in [4.69, 9.17) is 4.74 Å². The highest BCUT2D eigenvalue weighted by Crippen LogP contribution is 2.15. The van der Waals surface area contributed by atoms with Crippen molar-refractivity contribution < 1.29 is 19.1 Å². The number of thioether (sulfide) groups is 1. The van der Waals surface area contributed by atoms with Crippen LogP contribution in [0.1, 0.15) is 17.4 Å². The zero-order valence-electron chi connectivity index (χ0n) is 10.0. The molecule has 0 radical (unpaired) electrons. The molecule has 0 N–H and O–H groups in total. The summed E-state index contributed by atoms with van der Waals surface area (Å²) in [7, 11) is 1.30. The molecule has 0 atom stereocenters. The first kappa shape index (κ1) is 15.0. The minimum atomic E-state index is -0.468. The van der Waals surface area contributed by atoms with Crippen LogP contribution in [0.15, 0.2) is 10.7 Å². The molecule has 6 nitrogen and oxygen atoms in total. The van der Waals surface area contributed by atoms with E-state index in [1.807, 2.05) is 0 Å². The van der Waals surface area contributed by atoms with Crippen molar-refractivity contribution in [3.05, 3.63) is 16.4 Å². The predicted molar refractivity (Wildman–Crippen MR) is 70.4 cm³/mol. The molecule has 0 aromatic carbocycles. The number of hydrogen-bond donors (Lipinski definition) is 0. The summed E-state index contributed by atoms with van der Waals surface area (Å²) >= 11 is 4.49. The minimum Gasteiger partial charge on any atom is -0.465 e. The molecule has 0 unspecified atom stereocenters. The Morgan fingerprint density at radius 1 is 1.56 bits per heavy atom. The van der Waals surface area contributed by atoms with Crippen molar-refractivity contribution in [2.45, 2.75) is 12.8 Å². The number of aromatic nitrogens is 2. The van der Waals surface area contributed by atoms with Gasteiger partial charge in [0.05, 0.1) is 25.3 Å². The highest BCUT2D eigenvalue weighted by molar-refractivity contribution is 9.10. The van der Waals surface area contributed by atoms with Crippen LogP contribution in [-0.2, 0) is 20.1 Å². The smallest absolute Gasteiger partial charge is 0.356 e. The maximum absolute atomic E-state index is 11.4. The lowest BCUT2D eigenvalue weighted by molar-refractivity contribution is -0.139. The van der Waals surface area contributed by atoms with Crippen molar-refractivity contribution in [1.29, 1.82) is 0 Å². The number of esters is 2. The molecule has 1 aromatic rings. The van der Waals surface area contributed by atoms with E-state index < -0.39 is 5.97 Å². The number of halogens is 1. The molecule has 1 rings (SSSR count). The molecule has 0 spiro atoms. The Balaban J connectivity index is 2.56. The molecule has 1 aromatic heterocycles. The van der Waals surface area contributed by atoms with Gasteiger partial charge >= 0.3 is 11.9 Å². The van der Waals surface area contributed by atoms with Gasteiger partial charge in [0.25, 0.3) is 0 Å². The molecule has 0 saturated carbocycles. The SMILES string of the molecule is CCOC(=O)CSCn1nc(Br)cc1C(=O)OC. The first-order valence-corrected chi connectivity index (χ1v) is 7.08. The molecular formula is C10H13BrN2O4S. The second kappa shape index (κ2) is 7.42. The van der Waals surface area contributed by atoms with E-state index in [0.29, 0.717) is 22.8 Å². The standard InChI is InChI=1S/C10H13BrN2O4S/c1-3-17-9(14)5-18-6-13-7(10(15)16-2)4-8(11)12-13/h4H,3,5-6H2,1-2H3. The lowest BCUT2D eigenvalue weighted by atomic mass is 10.4. The van der Waals surface area contributed by atoms with Crippen molar-refractivity contribution in [2.75, 3.05) is 19.5 Å². The predicted octanol–water partition coefficient (Wildman–Crippen LogP) is 1.69. The van der Waals surface area contributed by atoms with Gasteiger partial charge < -0.3 is 9.47 Å². The fourth-order valence-electron chi connectivity index (χ4n) is 1.17. The molecule has 0 aliphatic heterocycles. The van der Waals surface area contributed by atoms with Gasteiger partial charge in [-0.25, -0.2) is 9.48 Å². The number of carbonyl (C=O) groups is 2. The fraction of sp³-hybridized carbons (Fsp3) is 0.500. The van der Waals surface area contributed by atoms with Crippen molar-refractivity contribution in [2.24, 2.45) is 0 Å². The molecule has 0 bridgehead atoms. The molecule has 100 valence electrons. The molecule has 0 fully saturated rings. The average Bonchev–Trinajstić information content (AvgIpc) is 2.70. The molecule has 0 saturated heterocycles. The van der Waals surface area contributed by atoms with Gasteiger partial charge in [0.15, 0.2) is 0 Å². The summed E-state index contributed by atoms with van der Waals surface area (Å²) in [5, 5.41) is 4.08. The number of rotatable bonds is 6. The van der Waals surface area contributed by atoms with E-state index in [1.165, 1.54) is 23.6 Å². The fourth-order valence-corrected chi connectivity index (χ4v) is 2.29. The lowest BCUT2D eigenvalue weighted by Crippen LogP contribution is -2.12. The Morgan fingerprint density at radius 3 is 2.89 bits per heavy atom. The molecule has 0 aliphatic rings. The molecule has 1 heterocycles. The molecule has 18 heavy (non-hydrogen) atoms. The van der Waals surface area contributed by atoms with Crippen LogP contribution in [0.4, 0.5) is 0 Å². The summed E-state index contributed by atoms with van der Waals surface area (Å²) in [5.74, 6) is -0.167. The quantitative estimate of drug-likeness (QED) is 0.736. The monoisotopic (exact) mass is 336 g/mol. The highest BCUT2D eigenvalue weighted by Gasteiger charge is 2.15. The van der Waals surface area contributed by atoms with E-state index in [1.54, 1.807) is 13.0 Å². The van der Waals surface area contributed by atoms with Crippen LogP contribution in [-0.4, -0.2) is 41.2 Å². The first-order chi connectivity index (χ1) is 8.58. The third-order valence-corrected chi connectivity index (χ3v) is 3.14. The van der Waals surface area contributed by atoms with Gasteiger partial charge in [0, 0.05) is 6.07 Å².